The van der Waals surface area contributed by atoms with Crippen molar-refractivity contribution in [3.63, 3.8) is 0 Å². The summed E-state index contributed by atoms with van der Waals surface area (Å²) in [5.74, 6) is -1.60. The van der Waals surface area contributed by atoms with E-state index in [2.05, 4.69) is 130 Å². The van der Waals surface area contributed by atoms with E-state index >= 15 is 0 Å². The van der Waals surface area contributed by atoms with Crippen molar-refractivity contribution in [3.8, 4) is 0 Å². The van der Waals surface area contributed by atoms with E-state index in [1.807, 2.05) is 0 Å². The number of esters is 3. The zero-order valence-corrected chi connectivity index (χ0v) is 61.4. The van der Waals surface area contributed by atoms with Crippen LogP contribution >= 0.6 is 15.6 Å². The standard InChI is InChI=1S/C77H134O16P2/c1-4-7-10-13-16-19-22-24-26-28-30-31-32-33-34-35-36-37-38-39-41-43-44-46-49-51-54-57-60-63-75(80)87-66-72(78)67-89-94(83,84)90-68-73(79)69-91-95(85,86)92-71-74(93-77(82)65-62-59-56-53-48-21-18-15-12-9-6-3)70-88-76(81)64-61-58-55-52-50-47-45-42-40-29-27-25-23-20-17-14-11-8-5-2/h8,11,15-20,24-27,30-31,33-34,40,42,72-74,78-79H,4-7,9-10,12-14,21-23,28-29,32,35-39,41,43-71H2,1-3H3,(H,83,84)(H,85,86)/b11-8-,18-15-,19-16-,20-17-,26-24-,27-25-,31-30-,34-33-,42-40-. The lowest BCUT2D eigenvalue weighted by molar-refractivity contribution is -0.161. The Balaban J connectivity index is 4.44. The molecule has 0 aromatic rings. The summed E-state index contributed by atoms with van der Waals surface area (Å²) >= 11 is 0. The Labute approximate surface area is 577 Å². The third-order valence-corrected chi connectivity index (χ3v) is 17.4. The number of phosphoric acid groups is 2. The molecule has 548 valence electrons. The van der Waals surface area contributed by atoms with E-state index in [0.717, 1.165) is 148 Å². The van der Waals surface area contributed by atoms with E-state index in [1.165, 1.54) is 96.3 Å². The highest BCUT2D eigenvalue weighted by Crippen LogP contribution is 2.45. The number of hydrogen-bond acceptors (Lipinski definition) is 14. The Morgan fingerprint density at radius 3 is 0.926 bits per heavy atom. The number of aliphatic hydroxyl groups is 2. The molecule has 0 rings (SSSR count). The number of allylic oxidation sites excluding steroid dienone is 18. The van der Waals surface area contributed by atoms with Crippen molar-refractivity contribution in [3.05, 3.63) is 109 Å². The van der Waals surface area contributed by atoms with Gasteiger partial charge in [0, 0.05) is 19.3 Å². The van der Waals surface area contributed by atoms with Crippen molar-refractivity contribution < 1.29 is 75.8 Å². The maximum absolute atomic E-state index is 12.9. The van der Waals surface area contributed by atoms with Gasteiger partial charge in [-0.1, -0.05) is 271 Å². The van der Waals surface area contributed by atoms with Gasteiger partial charge in [-0.3, -0.25) is 32.5 Å². The van der Waals surface area contributed by atoms with Crippen LogP contribution in [-0.4, -0.2) is 95.9 Å². The maximum atomic E-state index is 12.9. The van der Waals surface area contributed by atoms with Gasteiger partial charge in [0.1, 0.15) is 25.4 Å². The van der Waals surface area contributed by atoms with E-state index in [1.54, 1.807) is 0 Å². The number of ether oxygens (including phenoxy) is 3. The summed E-state index contributed by atoms with van der Waals surface area (Å²) in [6.07, 6.45) is 80.1. The van der Waals surface area contributed by atoms with Crippen LogP contribution < -0.4 is 0 Å². The topological polar surface area (TPSA) is 231 Å². The van der Waals surface area contributed by atoms with Crippen molar-refractivity contribution in [2.45, 2.75) is 322 Å². The number of hydrogen-bond donors (Lipinski definition) is 4. The molecule has 0 amide bonds. The molecule has 0 aromatic carbocycles. The molecule has 0 spiro atoms. The third kappa shape index (κ3) is 71.3. The largest absolute Gasteiger partial charge is 0.472 e. The molecule has 4 N–H and O–H groups in total. The smallest absolute Gasteiger partial charge is 0.463 e. The fourth-order valence-corrected chi connectivity index (χ4v) is 11.3. The normalized spacial score (nSPS) is 14.7. The molecule has 18 heteroatoms. The first-order chi connectivity index (χ1) is 46.2. The molecular formula is C77H134O16P2. The second-order valence-corrected chi connectivity index (χ2v) is 27.6. The van der Waals surface area contributed by atoms with Crippen LogP contribution in [0.2, 0.25) is 0 Å². The van der Waals surface area contributed by atoms with Crippen LogP contribution in [0.1, 0.15) is 303 Å². The van der Waals surface area contributed by atoms with Crippen molar-refractivity contribution in [1.82, 2.24) is 0 Å². The lowest BCUT2D eigenvalue weighted by atomic mass is 10.0. The van der Waals surface area contributed by atoms with E-state index in [9.17, 15) is 43.5 Å². The highest BCUT2D eigenvalue weighted by atomic mass is 31.2. The predicted octanol–water partition coefficient (Wildman–Crippen LogP) is 21.2. The molecule has 95 heavy (non-hydrogen) atoms. The van der Waals surface area contributed by atoms with Crippen LogP contribution in [0.15, 0.2) is 109 Å². The summed E-state index contributed by atoms with van der Waals surface area (Å²) in [5, 5.41) is 20.6. The highest BCUT2D eigenvalue weighted by molar-refractivity contribution is 7.47. The fraction of sp³-hybridized carbons (Fsp3) is 0.727. The minimum atomic E-state index is -4.93. The van der Waals surface area contributed by atoms with E-state index in [4.69, 9.17) is 32.3 Å². The van der Waals surface area contributed by atoms with Gasteiger partial charge in [0.25, 0.3) is 0 Å². The van der Waals surface area contributed by atoms with Crippen LogP contribution in [0, 0.1) is 0 Å². The van der Waals surface area contributed by atoms with Gasteiger partial charge < -0.3 is 34.2 Å². The Hall–Kier alpha value is -3.79. The quantitative estimate of drug-likeness (QED) is 0.0146. The van der Waals surface area contributed by atoms with Crippen molar-refractivity contribution in [2.24, 2.45) is 0 Å². The van der Waals surface area contributed by atoms with Gasteiger partial charge in [-0.05, 0) is 122 Å². The SMILES string of the molecule is CC/C=C\C/C=C\C/C=C\C/C=C\CCCCCCCCC(=O)OCC(COP(=O)(O)OCC(O)COP(=O)(O)OCC(O)COC(=O)CCCCCCCCCCCCCCC/C=C\C/C=C\C/C=C\C/C=C\CCCCC)OC(=O)CCCCCCC/C=C\CCCC. The first-order valence-corrected chi connectivity index (χ1v) is 40.2. The van der Waals surface area contributed by atoms with Crippen LogP contribution in [0.5, 0.6) is 0 Å². The van der Waals surface area contributed by atoms with Crippen molar-refractivity contribution in [1.29, 1.82) is 0 Å². The lowest BCUT2D eigenvalue weighted by Crippen LogP contribution is -2.30. The first-order valence-electron chi connectivity index (χ1n) is 37.2. The number of carbonyl (C=O) groups is 3. The molecule has 0 bridgehead atoms. The molecule has 0 radical (unpaired) electrons. The predicted molar refractivity (Wildman–Crippen MR) is 390 cm³/mol. The maximum Gasteiger partial charge on any atom is 0.472 e. The Kier molecular flexibility index (Phi) is 67.3. The van der Waals surface area contributed by atoms with Gasteiger partial charge in [0.15, 0.2) is 6.10 Å². The van der Waals surface area contributed by atoms with Gasteiger partial charge in [-0.2, -0.15) is 0 Å². The Bertz CT molecular complexity index is 2170. The van der Waals surface area contributed by atoms with Crippen LogP contribution in [0.4, 0.5) is 0 Å². The molecule has 0 aliphatic rings. The molecule has 0 saturated heterocycles. The molecule has 0 heterocycles. The van der Waals surface area contributed by atoms with Gasteiger partial charge in [-0.15, -0.1) is 0 Å². The van der Waals surface area contributed by atoms with Crippen molar-refractivity contribution >= 4 is 33.6 Å². The summed E-state index contributed by atoms with van der Waals surface area (Å²) < 4.78 is 60.9. The number of rotatable bonds is 70. The molecular weight excluding hydrogens is 1240 g/mol. The molecule has 5 atom stereocenters. The first kappa shape index (κ1) is 91.2. The minimum absolute atomic E-state index is 0.0896. The number of phosphoric ester groups is 2. The lowest BCUT2D eigenvalue weighted by Gasteiger charge is -2.21. The molecule has 0 saturated carbocycles. The molecule has 16 nitrogen and oxygen atoms in total. The second-order valence-electron chi connectivity index (χ2n) is 24.7. The number of carbonyl (C=O) groups excluding carboxylic acids is 3. The molecule has 0 aliphatic heterocycles. The van der Waals surface area contributed by atoms with Gasteiger partial charge in [0.2, 0.25) is 0 Å². The van der Waals surface area contributed by atoms with E-state index < -0.39 is 91.5 Å². The van der Waals surface area contributed by atoms with Gasteiger partial charge in [-0.25, -0.2) is 9.13 Å². The summed E-state index contributed by atoms with van der Waals surface area (Å²) in [7, 11) is -9.78. The average molecular weight is 1380 g/mol. The third-order valence-electron chi connectivity index (χ3n) is 15.5. The molecule has 5 unspecified atom stereocenters. The van der Waals surface area contributed by atoms with E-state index in [0.29, 0.717) is 19.3 Å². The minimum Gasteiger partial charge on any atom is -0.463 e. The number of aliphatic hydroxyl groups excluding tert-OH is 2. The average Bonchev–Trinajstić information content (AvgIpc) is 2.86. The van der Waals surface area contributed by atoms with Crippen LogP contribution in [0.25, 0.3) is 0 Å². The molecule has 0 aliphatic carbocycles. The zero-order chi connectivity index (χ0) is 69.5. The van der Waals surface area contributed by atoms with Gasteiger partial charge >= 0.3 is 33.6 Å². The highest BCUT2D eigenvalue weighted by Gasteiger charge is 2.29. The van der Waals surface area contributed by atoms with Crippen molar-refractivity contribution in [2.75, 3.05) is 39.6 Å². The molecule has 0 fully saturated rings. The number of unbranched alkanes of at least 4 members (excludes halogenated alkanes) is 29. The fourth-order valence-electron chi connectivity index (χ4n) is 9.76. The Morgan fingerprint density at radius 2 is 0.568 bits per heavy atom. The summed E-state index contributed by atoms with van der Waals surface area (Å²) in [6, 6.07) is 0. The van der Waals surface area contributed by atoms with E-state index in [-0.39, 0.29) is 19.3 Å². The summed E-state index contributed by atoms with van der Waals surface area (Å²) in [6.45, 7) is 2.47. The Morgan fingerprint density at radius 1 is 0.305 bits per heavy atom. The van der Waals surface area contributed by atoms with Crippen LogP contribution in [-0.2, 0) is 55.8 Å². The monoisotopic (exact) mass is 1380 g/mol. The van der Waals surface area contributed by atoms with Gasteiger partial charge in [0.05, 0.1) is 26.4 Å². The zero-order valence-electron chi connectivity index (χ0n) is 59.6. The van der Waals surface area contributed by atoms with Crippen LogP contribution in [0.3, 0.4) is 0 Å². The molecule has 0 aromatic heterocycles. The second kappa shape index (κ2) is 70.1. The summed E-state index contributed by atoms with van der Waals surface area (Å²) in [5.41, 5.74) is 0. The summed E-state index contributed by atoms with van der Waals surface area (Å²) in [4.78, 5) is 58.4.